The fourth-order valence-corrected chi connectivity index (χ4v) is 3.99. The molecule has 186 valence electrons. The molecular weight excluding hydrogens is 460 g/mol. The fourth-order valence-electron chi connectivity index (χ4n) is 3.99. The Bertz CT molecular complexity index is 1550. The van der Waals surface area contributed by atoms with E-state index in [0.29, 0.717) is 43.0 Å². The van der Waals surface area contributed by atoms with Crippen LogP contribution in [0, 0.1) is 6.92 Å². The zero-order chi connectivity index (χ0) is 25.7. The smallest absolute Gasteiger partial charge is 0.341 e. The largest absolute Gasteiger partial charge is 0.462 e. The molecule has 4 rings (SSSR count). The monoisotopic (exact) mass is 488 g/mol. The first-order valence-electron chi connectivity index (χ1n) is 11.9. The summed E-state index contributed by atoms with van der Waals surface area (Å²) in [5.41, 5.74) is 1.79. The standard InChI is InChI=1S/C27H28N4O5/c1-4-35-16-10-15-30-23-20(26(33)31-14-9-11-18(3)22(31)28-23)17-21(27(34)36-5-2)24(30)29-25(32)19-12-7-6-8-13-19/h6-9,11-14,17H,4-5,10,15-16H2,1-3H3. The van der Waals surface area contributed by atoms with Crippen molar-refractivity contribution in [3.63, 3.8) is 0 Å². The number of nitrogens with zero attached hydrogens (tertiary/aromatic N) is 4. The van der Waals surface area contributed by atoms with Crippen LogP contribution in [-0.4, -0.2) is 45.6 Å². The van der Waals surface area contributed by atoms with Crippen molar-refractivity contribution in [2.75, 3.05) is 19.8 Å². The number of carbonyl (C=O) groups excluding carboxylic acids is 2. The lowest BCUT2D eigenvalue weighted by Gasteiger charge is -2.15. The molecule has 0 spiro atoms. The van der Waals surface area contributed by atoms with E-state index in [1.807, 2.05) is 19.9 Å². The van der Waals surface area contributed by atoms with Crippen LogP contribution in [0.3, 0.4) is 0 Å². The van der Waals surface area contributed by atoms with Crippen LogP contribution in [0.15, 0.2) is 64.5 Å². The molecule has 0 fully saturated rings. The highest BCUT2D eigenvalue weighted by molar-refractivity contribution is 5.97. The molecule has 0 saturated heterocycles. The van der Waals surface area contributed by atoms with Gasteiger partial charge in [-0.05, 0) is 57.0 Å². The Balaban J connectivity index is 2.09. The molecule has 9 nitrogen and oxygen atoms in total. The first-order chi connectivity index (χ1) is 17.5. The summed E-state index contributed by atoms with van der Waals surface area (Å²) in [4.78, 5) is 48.8. The van der Waals surface area contributed by atoms with E-state index in [1.54, 1.807) is 54.1 Å². The number of benzene rings is 1. The van der Waals surface area contributed by atoms with Crippen molar-refractivity contribution in [1.29, 1.82) is 0 Å². The van der Waals surface area contributed by atoms with Gasteiger partial charge in [0.25, 0.3) is 11.5 Å². The van der Waals surface area contributed by atoms with E-state index in [1.165, 1.54) is 10.5 Å². The number of aryl methyl sites for hydroxylation is 2. The van der Waals surface area contributed by atoms with Gasteiger partial charge in [-0.1, -0.05) is 24.3 Å². The highest BCUT2D eigenvalue weighted by atomic mass is 16.5. The molecule has 0 unspecified atom stereocenters. The SMILES string of the molecule is CCOCCCn1c(=NC(=O)c2ccccc2)c(C(=O)OCC)cc2c(=O)n3cccc(C)c3nc21. The summed E-state index contributed by atoms with van der Waals surface area (Å²) in [6.07, 6.45) is 2.19. The van der Waals surface area contributed by atoms with E-state index >= 15 is 0 Å². The zero-order valence-corrected chi connectivity index (χ0v) is 20.6. The quantitative estimate of drug-likeness (QED) is 0.214. The summed E-state index contributed by atoms with van der Waals surface area (Å²) in [7, 11) is 0. The summed E-state index contributed by atoms with van der Waals surface area (Å²) in [6.45, 7) is 6.91. The molecular formula is C27H28N4O5. The van der Waals surface area contributed by atoms with Crippen LogP contribution < -0.4 is 11.0 Å². The van der Waals surface area contributed by atoms with E-state index in [-0.39, 0.29) is 28.6 Å². The Hall–Kier alpha value is -4.11. The van der Waals surface area contributed by atoms with Crippen LogP contribution in [0.1, 0.15) is 46.5 Å². The van der Waals surface area contributed by atoms with Gasteiger partial charge in [0.1, 0.15) is 16.9 Å². The van der Waals surface area contributed by atoms with Gasteiger partial charge in [-0.3, -0.25) is 14.0 Å². The van der Waals surface area contributed by atoms with Crippen LogP contribution in [-0.2, 0) is 16.0 Å². The molecule has 0 saturated carbocycles. The third-order valence-corrected chi connectivity index (χ3v) is 5.70. The van der Waals surface area contributed by atoms with Crippen molar-refractivity contribution in [3.05, 3.63) is 87.3 Å². The van der Waals surface area contributed by atoms with Crippen molar-refractivity contribution in [2.45, 2.75) is 33.7 Å². The number of fused-ring (bicyclic) bond motifs is 2. The maximum absolute atomic E-state index is 13.5. The average molecular weight is 489 g/mol. The number of amides is 1. The van der Waals surface area contributed by atoms with E-state index < -0.39 is 11.9 Å². The Morgan fingerprint density at radius 2 is 1.81 bits per heavy atom. The minimum Gasteiger partial charge on any atom is -0.462 e. The Kier molecular flexibility index (Phi) is 7.70. The molecule has 0 aliphatic carbocycles. The number of pyridine rings is 2. The minimum absolute atomic E-state index is 0.0246. The van der Waals surface area contributed by atoms with Crippen molar-refractivity contribution >= 4 is 28.6 Å². The van der Waals surface area contributed by atoms with E-state index in [9.17, 15) is 14.4 Å². The molecule has 0 aliphatic rings. The van der Waals surface area contributed by atoms with Crippen LogP contribution >= 0.6 is 0 Å². The molecule has 1 aromatic carbocycles. The first kappa shape index (κ1) is 25.0. The van der Waals surface area contributed by atoms with E-state index in [0.717, 1.165) is 5.56 Å². The lowest BCUT2D eigenvalue weighted by molar-refractivity contribution is 0.0523. The highest BCUT2D eigenvalue weighted by Gasteiger charge is 2.20. The Labute approximate surface area is 207 Å². The molecule has 1 amide bonds. The maximum Gasteiger partial charge on any atom is 0.341 e. The number of carbonyl (C=O) groups is 2. The zero-order valence-electron chi connectivity index (χ0n) is 20.6. The second-order valence-corrected chi connectivity index (χ2v) is 8.13. The van der Waals surface area contributed by atoms with E-state index in [4.69, 9.17) is 14.5 Å². The van der Waals surface area contributed by atoms with Gasteiger partial charge < -0.3 is 14.0 Å². The van der Waals surface area contributed by atoms with Crippen LogP contribution in [0.25, 0.3) is 16.7 Å². The molecule has 3 heterocycles. The van der Waals surface area contributed by atoms with Crippen LogP contribution in [0.5, 0.6) is 0 Å². The van der Waals surface area contributed by atoms with Gasteiger partial charge in [0.05, 0.1) is 12.0 Å². The van der Waals surface area contributed by atoms with Crippen LogP contribution in [0.2, 0.25) is 0 Å². The summed E-state index contributed by atoms with van der Waals surface area (Å²) < 4.78 is 13.9. The van der Waals surface area contributed by atoms with Gasteiger partial charge >= 0.3 is 5.97 Å². The number of rotatable bonds is 8. The lowest BCUT2D eigenvalue weighted by atomic mass is 10.2. The summed E-state index contributed by atoms with van der Waals surface area (Å²) in [5, 5.41) is 0.226. The second-order valence-electron chi connectivity index (χ2n) is 8.13. The molecule has 0 bridgehead atoms. The summed E-state index contributed by atoms with van der Waals surface area (Å²) >= 11 is 0. The van der Waals surface area contributed by atoms with Crippen molar-refractivity contribution in [2.24, 2.45) is 4.99 Å². The summed E-state index contributed by atoms with van der Waals surface area (Å²) in [5.74, 6) is -1.20. The molecule has 4 aromatic rings. The number of ether oxygens (including phenoxy) is 2. The van der Waals surface area contributed by atoms with Crippen molar-refractivity contribution in [1.82, 2.24) is 14.0 Å². The lowest BCUT2D eigenvalue weighted by Crippen LogP contribution is -2.33. The van der Waals surface area contributed by atoms with Gasteiger partial charge in [0.15, 0.2) is 5.49 Å². The first-order valence-corrected chi connectivity index (χ1v) is 11.9. The maximum atomic E-state index is 13.5. The Morgan fingerprint density at radius 3 is 2.53 bits per heavy atom. The number of aromatic nitrogens is 3. The number of hydrogen-bond donors (Lipinski definition) is 0. The average Bonchev–Trinajstić information content (AvgIpc) is 2.88. The molecule has 3 aromatic heterocycles. The highest BCUT2D eigenvalue weighted by Crippen LogP contribution is 2.14. The second kappa shape index (κ2) is 11.1. The third kappa shape index (κ3) is 4.96. The third-order valence-electron chi connectivity index (χ3n) is 5.70. The van der Waals surface area contributed by atoms with Crippen molar-refractivity contribution < 1.29 is 19.1 Å². The van der Waals surface area contributed by atoms with Gasteiger partial charge in [0, 0.05) is 31.5 Å². The molecule has 0 N–H and O–H groups in total. The molecule has 36 heavy (non-hydrogen) atoms. The number of hydrogen-bond acceptors (Lipinski definition) is 6. The van der Waals surface area contributed by atoms with Gasteiger partial charge in [-0.25, -0.2) is 9.78 Å². The topological polar surface area (TPSA) is 104 Å². The van der Waals surface area contributed by atoms with E-state index in [2.05, 4.69) is 4.99 Å². The minimum atomic E-state index is -0.675. The van der Waals surface area contributed by atoms with Crippen LogP contribution in [0.4, 0.5) is 0 Å². The Morgan fingerprint density at radius 1 is 1.03 bits per heavy atom. The van der Waals surface area contributed by atoms with Gasteiger partial charge in [-0.2, -0.15) is 4.99 Å². The van der Waals surface area contributed by atoms with Crippen molar-refractivity contribution in [3.8, 4) is 0 Å². The predicted molar refractivity (Wildman–Crippen MR) is 135 cm³/mol. The fraction of sp³-hybridized carbons (Fsp3) is 0.296. The molecule has 0 atom stereocenters. The predicted octanol–water partition coefficient (Wildman–Crippen LogP) is 3.30. The van der Waals surface area contributed by atoms with Gasteiger partial charge in [-0.15, -0.1) is 0 Å². The number of esters is 1. The molecule has 0 aliphatic heterocycles. The van der Waals surface area contributed by atoms with Gasteiger partial charge in [0.2, 0.25) is 0 Å². The molecule has 0 radical (unpaired) electrons. The normalized spacial score (nSPS) is 11.8. The summed E-state index contributed by atoms with van der Waals surface area (Å²) in [6, 6.07) is 13.6. The molecule has 9 heteroatoms.